The van der Waals surface area contributed by atoms with E-state index in [-0.39, 0.29) is 24.0 Å². The van der Waals surface area contributed by atoms with E-state index >= 15 is 0 Å². The molecule has 2 fully saturated rings. The molecule has 1 aromatic rings. The van der Waals surface area contributed by atoms with Gasteiger partial charge in [0.1, 0.15) is 47.8 Å². The lowest BCUT2D eigenvalue weighted by Crippen LogP contribution is -2.51. The fourth-order valence-corrected chi connectivity index (χ4v) is 3.49. The maximum Gasteiger partial charge on any atom is 0.203 e. The van der Waals surface area contributed by atoms with Crippen molar-refractivity contribution in [2.45, 2.75) is 43.0 Å². The summed E-state index contributed by atoms with van der Waals surface area (Å²) in [6, 6.07) is 0. The number of nitrogens with one attached hydrogen (secondary N) is 2. The van der Waals surface area contributed by atoms with E-state index in [0.29, 0.717) is 5.82 Å². The number of hydrogen-bond donors (Lipinski definition) is 7. The minimum atomic E-state index is -1.28. The number of aliphatic hydroxyl groups is 5. The second-order valence-electron chi connectivity index (χ2n) is 6.64. The largest absolute Gasteiger partial charge is 0.470 e. The summed E-state index contributed by atoms with van der Waals surface area (Å²) in [4.78, 5) is 5.53. The molecule has 7 N–H and O–H groups in total. The normalized spacial score (nSPS) is 38.7. The maximum atomic E-state index is 10.2. The van der Waals surface area contributed by atoms with Crippen LogP contribution >= 0.6 is 0 Å². The van der Waals surface area contributed by atoms with Crippen molar-refractivity contribution >= 4 is 11.7 Å². The van der Waals surface area contributed by atoms with E-state index in [1.165, 1.54) is 15.8 Å². The third-order valence-electron chi connectivity index (χ3n) is 5.04. The summed E-state index contributed by atoms with van der Waals surface area (Å²) in [7, 11) is 0. The molecule has 148 valence electrons. The van der Waals surface area contributed by atoms with Crippen molar-refractivity contribution in [1.82, 2.24) is 14.5 Å². The van der Waals surface area contributed by atoms with Gasteiger partial charge in [-0.2, -0.15) is 0 Å². The number of nitrogens with zero attached hydrogens (tertiary/aromatic N) is 3. The van der Waals surface area contributed by atoms with Crippen LogP contribution in [0.1, 0.15) is 11.9 Å². The van der Waals surface area contributed by atoms with Crippen molar-refractivity contribution in [3.8, 4) is 0 Å². The van der Waals surface area contributed by atoms with Crippen molar-refractivity contribution < 1.29 is 35.0 Å². The van der Waals surface area contributed by atoms with Crippen LogP contribution in [0.5, 0.6) is 0 Å². The third-order valence-corrected chi connectivity index (χ3v) is 5.04. The molecular formula is C15H21N5O7. The Morgan fingerprint density at radius 1 is 1.22 bits per heavy atom. The highest BCUT2D eigenvalue weighted by Crippen LogP contribution is 2.35. The summed E-state index contributed by atoms with van der Waals surface area (Å²) in [5, 5.41) is 60.7. The fourth-order valence-electron chi connectivity index (χ4n) is 3.49. The fraction of sp³-hybridized carbons (Fsp3) is 0.600. The highest BCUT2D eigenvalue weighted by atomic mass is 16.6. The van der Waals surface area contributed by atoms with Crippen LogP contribution in [0.4, 0.5) is 5.82 Å². The number of imidazole rings is 1. The van der Waals surface area contributed by atoms with Crippen LogP contribution in [0.3, 0.4) is 0 Å². The molecule has 12 heteroatoms. The molecule has 1 aromatic heterocycles. The zero-order chi connectivity index (χ0) is 19.5. The molecule has 4 rings (SSSR count). The van der Waals surface area contributed by atoms with Gasteiger partial charge in [0.25, 0.3) is 0 Å². The Bertz CT molecular complexity index is 770. The lowest BCUT2D eigenvalue weighted by atomic mass is 10.1. The smallest absolute Gasteiger partial charge is 0.203 e. The van der Waals surface area contributed by atoms with Crippen molar-refractivity contribution in [2.75, 3.05) is 18.6 Å². The summed E-state index contributed by atoms with van der Waals surface area (Å²) in [5.41, 5.74) is 0.210. The van der Waals surface area contributed by atoms with Gasteiger partial charge in [-0.25, -0.2) is 4.98 Å². The summed E-state index contributed by atoms with van der Waals surface area (Å²) in [6.45, 7) is 3.13. The van der Waals surface area contributed by atoms with E-state index in [4.69, 9.17) is 14.9 Å². The molecule has 3 aliphatic rings. The summed E-state index contributed by atoms with van der Waals surface area (Å²) in [5.74, 6) is 0.321. The molecule has 3 aliphatic heterocycles. The van der Waals surface area contributed by atoms with Crippen molar-refractivity contribution in [3.05, 3.63) is 24.4 Å². The van der Waals surface area contributed by atoms with Gasteiger partial charge in [0, 0.05) is 0 Å². The molecule has 0 spiro atoms. The van der Waals surface area contributed by atoms with Gasteiger partial charge in [-0.15, -0.1) is 0 Å². The first-order valence-electron chi connectivity index (χ1n) is 8.35. The number of aromatic nitrogens is 2. The Morgan fingerprint density at radius 2 is 1.96 bits per heavy atom. The van der Waals surface area contributed by atoms with Crippen LogP contribution in [-0.2, 0) is 9.47 Å². The van der Waals surface area contributed by atoms with Gasteiger partial charge in [0.15, 0.2) is 12.1 Å². The number of hydrogen-bond acceptors (Lipinski definition) is 10. The zero-order valence-electron chi connectivity index (χ0n) is 14.1. The molecule has 0 aromatic carbocycles. The van der Waals surface area contributed by atoms with E-state index in [1.54, 1.807) is 0 Å². The van der Waals surface area contributed by atoms with E-state index in [9.17, 15) is 25.5 Å². The molecule has 4 heterocycles. The molecule has 0 saturated carbocycles. The molecule has 0 aliphatic carbocycles. The van der Waals surface area contributed by atoms with Crippen molar-refractivity contribution in [2.24, 2.45) is 0 Å². The van der Waals surface area contributed by atoms with Gasteiger partial charge in [0.2, 0.25) is 6.23 Å². The van der Waals surface area contributed by atoms with Crippen LogP contribution in [0.2, 0.25) is 0 Å². The number of ether oxygens (including phenoxy) is 2. The summed E-state index contributed by atoms with van der Waals surface area (Å²) >= 11 is 0. The molecular weight excluding hydrogens is 362 g/mol. The Kier molecular flexibility index (Phi) is 4.33. The van der Waals surface area contributed by atoms with Crippen molar-refractivity contribution in [3.63, 3.8) is 0 Å². The zero-order valence-corrected chi connectivity index (χ0v) is 14.1. The SMILES string of the molecule is C=C1O[C@@H](N2CNc3c(ncn3[C@@H]3O[C@H](CO)[C@@H](O)[C@H]3O)C2=N)[C@H](O)C1O. The second-order valence-corrected chi connectivity index (χ2v) is 6.64. The van der Waals surface area contributed by atoms with E-state index in [0.717, 1.165) is 0 Å². The Labute approximate surface area is 153 Å². The molecule has 2 saturated heterocycles. The monoisotopic (exact) mass is 383 g/mol. The molecule has 7 atom stereocenters. The lowest BCUT2D eigenvalue weighted by molar-refractivity contribution is -0.0523. The maximum absolute atomic E-state index is 10.2. The van der Waals surface area contributed by atoms with Gasteiger partial charge in [-0.3, -0.25) is 14.9 Å². The number of fused-ring (bicyclic) bond motifs is 1. The first-order chi connectivity index (χ1) is 12.8. The van der Waals surface area contributed by atoms with Crippen molar-refractivity contribution in [1.29, 1.82) is 5.41 Å². The van der Waals surface area contributed by atoms with E-state index < -0.39 is 49.6 Å². The lowest BCUT2D eigenvalue weighted by Gasteiger charge is -2.35. The molecule has 1 unspecified atom stereocenters. The van der Waals surface area contributed by atoms with Gasteiger partial charge < -0.3 is 40.3 Å². The molecule has 0 radical (unpaired) electrons. The predicted octanol–water partition coefficient (Wildman–Crippen LogP) is -2.90. The summed E-state index contributed by atoms with van der Waals surface area (Å²) in [6.07, 6.45) is -6.65. The van der Waals surface area contributed by atoms with Crippen LogP contribution in [0.15, 0.2) is 18.7 Å². The van der Waals surface area contributed by atoms with Crippen LogP contribution < -0.4 is 5.32 Å². The molecule has 12 nitrogen and oxygen atoms in total. The molecule has 27 heavy (non-hydrogen) atoms. The second kappa shape index (κ2) is 6.44. The topological polar surface area (TPSA) is 177 Å². The minimum absolute atomic E-state index is 0.0168. The summed E-state index contributed by atoms with van der Waals surface area (Å²) < 4.78 is 12.3. The van der Waals surface area contributed by atoms with Gasteiger partial charge in [-0.05, 0) is 0 Å². The Morgan fingerprint density at radius 3 is 2.56 bits per heavy atom. The van der Waals surface area contributed by atoms with Gasteiger partial charge >= 0.3 is 0 Å². The van der Waals surface area contributed by atoms with Gasteiger partial charge in [0.05, 0.1) is 19.6 Å². The quantitative estimate of drug-likeness (QED) is 0.286. The predicted molar refractivity (Wildman–Crippen MR) is 88.4 cm³/mol. The number of amidine groups is 1. The average molecular weight is 383 g/mol. The number of aliphatic hydroxyl groups excluding tert-OH is 5. The number of rotatable bonds is 3. The minimum Gasteiger partial charge on any atom is -0.470 e. The average Bonchev–Trinajstić information content (AvgIpc) is 3.28. The van der Waals surface area contributed by atoms with E-state index in [1.807, 2.05) is 0 Å². The number of anilines is 1. The van der Waals surface area contributed by atoms with E-state index in [2.05, 4.69) is 16.9 Å². The third kappa shape index (κ3) is 2.61. The van der Waals surface area contributed by atoms with Crippen LogP contribution in [-0.4, -0.2) is 95.8 Å². The highest BCUT2D eigenvalue weighted by molar-refractivity contribution is 6.00. The molecule has 0 amide bonds. The standard InChI is InChI=1S/C15H21N5O7/c1-5-8(22)10(24)14(26-5)19-4-18-13-7(12(19)16)17-3-20(13)15-11(25)9(23)6(2-21)27-15/h3,6,8-11,14-16,18,21-25H,1-2,4H2/t6-,8?,9-,10-,11-,14-,15-/m1/s1. The first-order valence-corrected chi connectivity index (χ1v) is 8.35. The first kappa shape index (κ1) is 18.2. The molecule has 0 bridgehead atoms. The van der Waals surface area contributed by atoms with Gasteiger partial charge in [-0.1, -0.05) is 6.58 Å². The van der Waals surface area contributed by atoms with Crippen LogP contribution in [0, 0.1) is 5.41 Å². The highest BCUT2D eigenvalue weighted by Gasteiger charge is 2.47. The van der Waals surface area contributed by atoms with Crippen LogP contribution in [0.25, 0.3) is 0 Å². The Hall–Kier alpha value is -2.22. The Balaban J connectivity index is 1.59.